The molecule has 3 aromatic carbocycles. The number of amides is 2. The van der Waals surface area contributed by atoms with Crippen LogP contribution in [0.4, 0.5) is 10.5 Å². The number of halogens is 1. The van der Waals surface area contributed by atoms with Crippen LogP contribution in [0, 0.1) is 0 Å². The minimum Gasteiger partial charge on any atom is -0.493 e. The normalized spacial score (nSPS) is 11.7. The van der Waals surface area contributed by atoms with Crippen LogP contribution in [-0.4, -0.2) is 31.8 Å². The number of nitrogens with one attached hydrogen (secondary N) is 3. The quantitative estimate of drug-likeness (QED) is 0.334. The van der Waals surface area contributed by atoms with E-state index >= 15 is 0 Å². The summed E-state index contributed by atoms with van der Waals surface area (Å²) in [6.45, 7) is 0.369. The average molecular weight is 450 g/mol. The highest BCUT2D eigenvalue weighted by atomic mass is 35.5. The van der Waals surface area contributed by atoms with Gasteiger partial charge in [0.25, 0.3) is 0 Å². The van der Waals surface area contributed by atoms with E-state index in [1.54, 1.807) is 26.4 Å². The number of aromatic nitrogens is 1. The van der Waals surface area contributed by atoms with E-state index in [9.17, 15) is 4.79 Å². The highest BCUT2D eigenvalue weighted by Gasteiger charge is 2.21. The molecule has 4 rings (SSSR count). The molecule has 1 heterocycles. The van der Waals surface area contributed by atoms with E-state index in [0.29, 0.717) is 28.8 Å². The Morgan fingerprint density at radius 2 is 1.75 bits per heavy atom. The van der Waals surface area contributed by atoms with Gasteiger partial charge < -0.3 is 25.1 Å². The molecule has 6 nitrogen and oxygen atoms in total. The highest BCUT2D eigenvalue weighted by molar-refractivity contribution is 6.33. The maximum atomic E-state index is 12.6. The van der Waals surface area contributed by atoms with Crippen molar-refractivity contribution in [3.8, 4) is 11.5 Å². The molecular formula is C25H24ClN3O3. The molecule has 0 bridgehead atoms. The molecule has 7 heteroatoms. The molecule has 2 amide bonds. The number of anilines is 1. The number of carbonyl (C=O) groups is 1. The summed E-state index contributed by atoms with van der Waals surface area (Å²) >= 11 is 6.16. The first-order valence-corrected chi connectivity index (χ1v) is 10.6. The third-order valence-electron chi connectivity index (χ3n) is 5.40. The van der Waals surface area contributed by atoms with E-state index in [0.717, 1.165) is 22.0 Å². The molecule has 0 unspecified atom stereocenters. The topological polar surface area (TPSA) is 75.4 Å². The van der Waals surface area contributed by atoms with E-state index in [4.69, 9.17) is 21.1 Å². The Morgan fingerprint density at radius 1 is 1.00 bits per heavy atom. The zero-order chi connectivity index (χ0) is 22.5. The Kier molecular flexibility index (Phi) is 6.52. The van der Waals surface area contributed by atoms with Crippen molar-refractivity contribution in [2.24, 2.45) is 0 Å². The number of ether oxygens (including phenoxy) is 2. The van der Waals surface area contributed by atoms with Crippen LogP contribution >= 0.6 is 11.6 Å². The van der Waals surface area contributed by atoms with Crippen molar-refractivity contribution in [2.45, 2.75) is 5.92 Å². The molecule has 32 heavy (non-hydrogen) atoms. The van der Waals surface area contributed by atoms with Gasteiger partial charge in [0.2, 0.25) is 0 Å². The smallest absolute Gasteiger partial charge is 0.319 e. The number of hydrogen-bond donors (Lipinski definition) is 3. The summed E-state index contributed by atoms with van der Waals surface area (Å²) in [6.07, 6.45) is 1.99. The standard InChI is InChI=1S/C25H24ClN3O3/c1-31-23-12-11-16(13-24(23)32-2)18(19-15-27-21-9-5-3-7-17(19)21)14-28-25(30)29-22-10-6-4-8-20(22)26/h3-13,15,18,27H,14H2,1-2H3,(H2,28,29,30)/t18-/m0/s1. The summed E-state index contributed by atoms with van der Waals surface area (Å²) < 4.78 is 10.9. The summed E-state index contributed by atoms with van der Waals surface area (Å²) in [7, 11) is 3.22. The number of para-hydroxylation sites is 2. The zero-order valence-electron chi connectivity index (χ0n) is 17.8. The number of aromatic amines is 1. The van der Waals surface area contributed by atoms with Crippen molar-refractivity contribution >= 4 is 34.2 Å². The van der Waals surface area contributed by atoms with Gasteiger partial charge in [-0.15, -0.1) is 0 Å². The predicted molar refractivity (Wildman–Crippen MR) is 128 cm³/mol. The van der Waals surface area contributed by atoms with E-state index in [2.05, 4.69) is 21.7 Å². The van der Waals surface area contributed by atoms with Crippen LogP contribution < -0.4 is 20.1 Å². The number of hydrogen-bond acceptors (Lipinski definition) is 3. The molecule has 0 fully saturated rings. The lowest BCUT2D eigenvalue weighted by molar-refractivity contribution is 0.252. The van der Waals surface area contributed by atoms with Gasteiger partial charge in [-0.25, -0.2) is 4.79 Å². The molecule has 0 radical (unpaired) electrons. The molecule has 0 aliphatic carbocycles. The first-order chi connectivity index (χ1) is 15.6. The molecule has 0 saturated heterocycles. The van der Waals surface area contributed by atoms with Crippen molar-refractivity contribution in [1.82, 2.24) is 10.3 Å². The molecule has 4 aromatic rings. The Hall–Kier alpha value is -3.64. The summed E-state index contributed by atoms with van der Waals surface area (Å²) in [5, 5.41) is 7.37. The van der Waals surface area contributed by atoms with Gasteiger partial charge in [-0.1, -0.05) is 48.0 Å². The number of benzene rings is 3. The molecule has 164 valence electrons. The number of H-pyrrole nitrogens is 1. The van der Waals surface area contributed by atoms with Crippen LogP contribution in [-0.2, 0) is 0 Å². The number of methoxy groups -OCH3 is 2. The third kappa shape index (κ3) is 4.50. The van der Waals surface area contributed by atoms with Gasteiger partial charge in [-0.3, -0.25) is 0 Å². The Bertz CT molecular complexity index is 1240. The van der Waals surface area contributed by atoms with Gasteiger partial charge in [0.15, 0.2) is 11.5 Å². The largest absolute Gasteiger partial charge is 0.493 e. The van der Waals surface area contributed by atoms with Gasteiger partial charge in [-0.05, 0) is 41.5 Å². The molecule has 3 N–H and O–H groups in total. The van der Waals surface area contributed by atoms with E-state index in [1.807, 2.05) is 54.7 Å². The lowest BCUT2D eigenvalue weighted by Gasteiger charge is -2.20. The average Bonchev–Trinajstić information content (AvgIpc) is 3.24. The Labute approximate surface area is 191 Å². The summed E-state index contributed by atoms with van der Waals surface area (Å²) in [6, 6.07) is 20.7. The maximum absolute atomic E-state index is 12.6. The van der Waals surface area contributed by atoms with Crippen molar-refractivity contribution < 1.29 is 14.3 Å². The Morgan fingerprint density at radius 3 is 2.53 bits per heavy atom. The summed E-state index contributed by atoms with van der Waals surface area (Å²) in [5.41, 5.74) is 3.66. The van der Waals surface area contributed by atoms with Gasteiger partial charge >= 0.3 is 6.03 Å². The fraction of sp³-hybridized carbons (Fsp3) is 0.160. The molecule has 1 atom stereocenters. The van der Waals surface area contributed by atoms with E-state index in [-0.39, 0.29) is 11.9 Å². The third-order valence-corrected chi connectivity index (χ3v) is 5.73. The van der Waals surface area contributed by atoms with Crippen LogP contribution in [0.5, 0.6) is 11.5 Å². The van der Waals surface area contributed by atoms with Crippen LogP contribution in [0.2, 0.25) is 5.02 Å². The number of urea groups is 1. The zero-order valence-corrected chi connectivity index (χ0v) is 18.6. The summed E-state index contributed by atoms with van der Waals surface area (Å²) in [5.74, 6) is 1.16. The Balaban J connectivity index is 1.64. The van der Waals surface area contributed by atoms with Crippen LogP contribution in [0.15, 0.2) is 72.9 Å². The number of carbonyl (C=O) groups excluding carboxylic acids is 1. The first kappa shape index (κ1) is 21.6. The summed E-state index contributed by atoms with van der Waals surface area (Å²) in [4.78, 5) is 15.9. The fourth-order valence-electron chi connectivity index (χ4n) is 3.78. The molecular weight excluding hydrogens is 426 g/mol. The van der Waals surface area contributed by atoms with Crippen molar-refractivity contribution in [1.29, 1.82) is 0 Å². The first-order valence-electron chi connectivity index (χ1n) is 10.2. The van der Waals surface area contributed by atoms with Gasteiger partial charge in [0.05, 0.1) is 24.9 Å². The van der Waals surface area contributed by atoms with Crippen molar-refractivity contribution in [2.75, 3.05) is 26.1 Å². The van der Waals surface area contributed by atoms with Crippen LogP contribution in [0.1, 0.15) is 17.0 Å². The molecule has 1 aromatic heterocycles. The number of fused-ring (bicyclic) bond motifs is 1. The van der Waals surface area contributed by atoms with Crippen LogP contribution in [0.3, 0.4) is 0 Å². The molecule has 0 spiro atoms. The van der Waals surface area contributed by atoms with Crippen molar-refractivity contribution in [3.63, 3.8) is 0 Å². The molecule has 0 aliphatic heterocycles. The maximum Gasteiger partial charge on any atom is 0.319 e. The second kappa shape index (κ2) is 9.66. The van der Waals surface area contributed by atoms with Crippen LogP contribution in [0.25, 0.3) is 10.9 Å². The molecule has 0 aliphatic rings. The monoisotopic (exact) mass is 449 g/mol. The van der Waals surface area contributed by atoms with E-state index < -0.39 is 0 Å². The van der Waals surface area contributed by atoms with Gasteiger partial charge in [0, 0.05) is 29.6 Å². The second-order valence-electron chi connectivity index (χ2n) is 7.27. The highest BCUT2D eigenvalue weighted by Crippen LogP contribution is 2.35. The SMILES string of the molecule is COc1ccc([C@H](CNC(=O)Nc2ccccc2Cl)c2c[nH]c3ccccc23)cc1OC. The molecule has 0 saturated carbocycles. The van der Waals surface area contributed by atoms with E-state index in [1.165, 1.54) is 0 Å². The predicted octanol–water partition coefficient (Wildman–Crippen LogP) is 5.79. The lowest BCUT2D eigenvalue weighted by Crippen LogP contribution is -2.32. The van der Waals surface area contributed by atoms with Gasteiger partial charge in [-0.2, -0.15) is 0 Å². The van der Waals surface area contributed by atoms with Crippen molar-refractivity contribution in [3.05, 3.63) is 89.1 Å². The van der Waals surface area contributed by atoms with Gasteiger partial charge in [0.1, 0.15) is 0 Å². The lowest BCUT2D eigenvalue weighted by atomic mass is 9.90. The fourth-order valence-corrected chi connectivity index (χ4v) is 3.97. The minimum atomic E-state index is -0.330. The number of rotatable bonds is 7. The second-order valence-corrected chi connectivity index (χ2v) is 7.68. The minimum absolute atomic E-state index is 0.122.